The number of hydrogen-bond acceptors (Lipinski definition) is 8. The smallest absolute Gasteiger partial charge is 0.202 e. The van der Waals surface area contributed by atoms with E-state index in [4.69, 9.17) is 0 Å². The Bertz CT molecular complexity index is 910. The zero-order valence-electron chi connectivity index (χ0n) is 14.1. The Labute approximate surface area is 158 Å². The first-order chi connectivity index (χ1) is 12.4. The Balaban J connectivity index is 2.20. The lowest BCUT2D eigenvalue weighted by atomic mass is 10.3. The van der Waals surface area contributed by atoms with Gasteiger partial charge in [-0.05, 0) is 44.4 Å². The lowest BCUT2D eigenvalue weighted by molar-refractivity contribution is 0.234. The first-order valence-electron chi connectivity index (χ1n) is 7.53. The van der Waals surface area contributed by atoms with Crippen LogP contribution in [0.5, 0.6) is 0 Å². The number of halogens is 2. The van der Waals surface area contributed by atoms with Crippen LogP contribution in [0.4, 0.5) is 15.9 Å². The lowest BCUT2D eigenvalue weighted by Crippen LogP contribution is -2.23. The van der Waals surface area contributed by atoms with Crippen molar-refractivity contribution >= 4 is 43.0 Å². The zero-order valence-corrected chi connectivity index (χ0v) is 16.5. The maximum absolute atomic E-state index is 13.3. The van der Waals surface area contributed by atoms with E-state index in [0.717, 1.165) is 0 Å². The van der Waals surface area contributed by atoms with Crippen LogP contribution in [0.15, 0.2) is 36.7 Å². The van der Waals surface area contributed by atoms with Crippen LogP contribution >= 0.6 is 15.9 Å². The summed E-state index contributed by atoms with van der Waals surface area (Å²) in [4.78, 5) is 4.15. The highest BCUT2D eigenvalue weighted by Gasteiger charge is 2.17. The Kier molecular flexibility index (Phi) is 7.06. The number of aromatic nitrogens is 2. The van der Waals surface area contributed by atoms with Gasteiger partial charge in [0.05, 0.1) is 10.2 Å². The minimum absolute atomic E-state index is 0.0522. The largest absolute Gasteiger partial charge is 0.364 e. The second-order valence-electron chi connectivity index (χ2n) is 5.01. The molecule has 1 heterocycles. The molecular formula is C14H18BrFN6O3S. The van der Waals surface area contributed by atoms with Crippen LogP contribution in [-0.2, 0) is 9.73 Å². The van der Waals surface area contributed by atoms with Gasteiger partial charge in [0.2, 0.25) is 5.82 Å². The molecule has 9 nitrogen and oxygen atoms in total. The number of hydrogen-bond donors (Lipinski definition) is 3. The van der Waals surface area contributed by atoms with Crippen molar-refractivity contribution < 1.29 is 18.4 Å². The summed E-state index contributed by atoms with van der Waals surface area (Å²) in [6, 6.07) is 4.09. The molecule has 0 spiro atoms. The fourth-order valence-electron chi connectivity index (χ4n) is 1.97. The minimum Gasteiger partial charge on any atom is -0.364 e. The van der Waals surface area contributed by atoms with Crippen molar-refractivity contribution in [2.75, 3.05) is 30.4 Å². The molecule has 0 saturated heterocycles. The van der Waals surface area contributed by atoms with E-state index in [-0.39, 0.29) is 21.8 Å². The van der Waals surface area contributed by atoms with Gasteiger partial charge in [-0.1, -0.05) is 6.92 Å². The van der Waals surface area contributed by atoms with Gasteiger partial charge in [-0.2, -0.15) is 0 Å². The van der Waals surface area contributed by atoms with E-state index in [0.29, 0.717) is 23.7 Å². The summed E-state index contributed by atoms with van der Waals surface area (Å²) in [5, 5.41) is 19.7. The molecule has 0 amide bonds. The van der Waals surface area contributed by atoms with Crippen molar-refractivity contribution in [1.82, 2.24) is 15.8 Å². The van der Waals surface area contributed by atoms with E-state index < -0.39 is 15.5 Å². The predicted octanol–water partition coefficient (Wildman–Crippen LogP) is 2.56. The molecule has 0 aliphatic rings. The van der Waals surface area contributed by atoms with Crippen LogP contribution in [-0.4, -0.2) is 50.7 Å². The Morgan fingerprint density at radius 3 is 2.85 bits per heavy atom. The molecule has 0 bridgehead atoms. The summed E-state index contributed by atoms with van der Waals surface area (Å²) >= 11 is 3.07. The molecule has 142 valence electrons. The van der Waals surface area contributed by atoms with Crippen LogP contribution in [0, 0.1) is 5.82 Å². The van der Waals surface area contributed by atoms with E-state index in [1.165, 1.54) is 25.2 Å². The van der Waals surface area contributed by atoms with Gasteiger partial charge in [0.15, 0.2) is 11.5 Å². The summed E-state index contributed by atoms with van der Waals surface area (Å²) in [5.74, 6) is 0.480. The van der Waals surface area contributed by atoms with Gasteiger partial charge in [-0.3, -0.25) is 10.7 Å². The quantitative estimate of drug-likeness (QED) is 0.337. The fraction of sp³-hybridized carbons (Fsp3) is 0.357. The molecule has 0 aliphatic heterocycles. The maximum Gasteiger partial charge on any atom is 0.202 e. The summed E-state index contributed by atoms with van der Waals surface area (Å²) in [5.41, 5.74) is 2.40. The average molecular weight is 449 g/mol. The second kappa shape index (κ2) is 9.05. The Hall–Kier alpha value is -2.05. The molecule has 0 saturated carbocycles. The van der Waals surface area contributed by atoms with E-state index in [9.17, 15) is 13.8 Å². The number of amidine groups is 1. The third-order valence-corrected chi connectivity index (χ3v) is 6.48. The molecule has 1 atom stereocenters. The van der Waals surface area contributed by atoms with Crippen LogP contribution in [0.1, 0.15) is 12.6 Å². The van der Waals surface area contributed by atoms with Crippen molar-refractivity contribution in [2.24, 2.45) is 9.36 Å². The summed E-state index contributed by atoms with van der Waals surface area (Å²) in [7, 11) is -0.742. The number of hydroxylamine groups is 1. The van der Waals surface area contributed by atoms with Crippen LogP contribution in [0.25, 0.3) is 0 Å². The van der Waals surface area contributed by atoms with Crippen molar-refractivity contribution in [3.05, 3.63) is 34.2 Å². The molecule has 0 fully saturated rings. The highest BCUT2D eigenvalue weighted by Crippen LogP contribution is 2.23. The standard InChI is InChI=1S/C14H18BrFN6O3S/c1-3-26(24,17-2)7-6-18-13-12(21-25-22-13)14(20-23)19-9-4-5-11(16)10(15)8-9/h4-5,8,23H,3,6-7H2,1-2H3,(H,18,22)(H,19,20). The summed E-state index contributed by atoms with van der Waals surface area (Å²) in [6.45, 7) is 2.12. The SMILES string of the molecule is CCS(=O)(CCNc1nonc1/C(=N/c1ccc(F)c(Br)c1)NO)=NC. The molecule has 3 N–H and O–H groups in total. The molecule has 12 heteroatoms. The topological polar surface area (TPSA) is 125 Å². The van der Waals surface area contributed by atoms with Crippen molar-refractivity contribution in [1.29, 1.82) is 0 Å². The van der Waals surface area contributed by atoms with Gasteiger partial charge < -0.3 is 5.32 Å². The van der Waals surface area contributed by atoms with E-state index in [1.54, 1.807) is 6.92 Å². The van der Waals surface area contributed by atoms with Crippen molar-refractivity contribution in [2.45, 2.75) is 6.92 Å². The van der Waals surface area contributed by atoms with Crippen molar-refractivity contribution in [3.63, 3.8) is 0 Å². The third kappa shape index (κ3) is 4.99. The number of anilines is 1. The minimum atomic E-state index is -2.27. The molecule has 1 aromatic carbocycles. The van der Waals surface area contributed by atoms with E-state index in [2.05, 4.69) is 45.5 Å². The summed E-state index contributed by atoms with van der Waals surface area (Å²) in [6.07, 6.45) is 0. The van der Waals surface area contributed by atoms with Gasteiger partial charge in [0, 0.05) is 34.8 Å². The van der Waals surface area contributed by atoms with Gasteiger partial charge in [-0.25, -0.2) is 22.6 Å². The number of nitrogens with one attached hydrogen (secondary N) is 2. The number of benzene rings is 1. The number of aliphatic imine (C=N–C) groups is 1. The monoisotopic (exact) mass is 448 g/mol. The predicted molar refractivity (Wildman–Crippen MR) is 99.9 cm³/mol. The molecule has 0 radical (unpaired) electrons. The van der Waals surface area contributed by atoms with E-state index in [1.807, 2.05) is 5.48 Å². The molecule has 2 rings (SSSR count). The van der Waals surface area contributed by atoms with Gasteiger partial charge in [0.1, 0.15) is 5.82 Å². The highest BCUT2D eigenvalue weighted by molar-refractivity contribution is 9.10. The molecule has 0 aliphatic carbocycles. The maximum atomic E-state index is 13.3. The van der Waals surface area contributed by atoms with Gasteiger partial charge in [0.25, 0.3) is 0 Å². The third-order valence-electron chi connectivity index (χ3n) is 3.46. The first-order valence-corrected chi connectivity index (χ1v) is 10.2. The normalized spacial score (nSPS) is 14.0. The highest BCUT2D eigenvalue weighted by atomic mass is 79.9. The summed E-state index contributed by atoms with van der Waals surface area (Å²) < 4.78 is 34.4. The van der Waals surface area contributed by atoms with Crippen LogP contribution < -0.4 is 10.8 Å². The van der Waals surface area contributed by atoms with Crippen LogP contribution in [0.3, 0.4) is 0 Å². The molecule has 1 aromatic heterocycles. The molecule has 2 aromatic rings. The fourth-order valence-corrected chi connectivity index (χ4v) is 3.49. The molecular weight excluding hydrogens is 431 g/mol. The van der Waals surface area contributed by atoms with Gasteiger partial charge in [-0.15, -0.1) is 0 Å². The lowest BCUT2D eigenvalue weighted by Gasteiger charge is -2.08. The molecule has 26 heavy (non-hydrogen) atoms. The number of rotatable bonds is 7. The van der Waals surface area contributed by atoms with Crippen LogP contribution in [0.2, 0.25) is 0 Å². The number of nitrogens with zero attached hydrogens (tertiary/aromatic N) is 4. The Morgan fingerprint density at radius 1 is 1.46 bits per heavy atom. The first kappa shape index (κ1) is 20.3. The average Bonchev–Trinajstić information content (AvgIpc) is 3.10. The van der Waals surface area contributed by atoms with E-state index >= 15 is 0 Å². The molecule has 1 unspecified atom stereocenters. The zero-order chi connectivity index (χ0) is 19.2. The van der Waals surface area contributed by atoms with Crippen molar-refractivity contribution in [3.8, 4) is 0 Å². The Morgan fingerprint density at radius 2 is 2.23 bits per heavy atom. The second-order valence-corrected chi connectivity index (χ2v) is 8.76. The van der Waals surface area contributed by atoms with Gasteiger partial charge >= 0.3 is 0 Å².